The predicted molar refractivity (Wildman–Crippen MR) is 74.8 cm³/mol. The van der Waals surface area contributed by atoms with E-state index in [0.717, 1.165) is 23.1 Å². The van der Waals surface area contributed by atoms with Crippen molar-refractivity contribution >= 4 is 33.3 Å². The van der Waals surface area contributed by atoms with Crippen LogP contribution in [0.25, 0.3) is 10.2 Å². The van der Waals surface area contributed by atoms with Crippen LogP contribution in [-0.4, -0.2) is 27.1 Å². The molecule has 0 radical (unpaired) electrons. The molecule has 0 aromatic carbocycles. The first-order valence-electron chi connectivity index (χ1n) is 6.41. The summed E-state index contributed by atoms with van der Waals surface area (Å²) in [6.07, 6.45) is 6.05. The SMILES string of the molecule is C[C@H](Nc1ncnc2sc3c(c12)CCCC3)C(=O)O. The van der Waals surface area contributed by atoms with Crippen molar-refractivity contribution in [1.29, 1.82) is 0 Å². The Morgan fingerprint density at radius 1 is 1.42 bits per heavy atom. The van der Waals surface area contributed by atoms with Crippen LogP contribution in [0.5, 0.6) is 0 Å². The summed E-state index contributed by atoms with van der Waals surface area (Å²) in [5.41, 5.74) is 1.31. The van der Waals surface area contributed by atoms with Crippen molar-refractivity contribution in [2.45, 2.75) is 38.6 Å². The minimum atomic E-state index is -0.879. The van der Waals surface area contributed by atoms with E-state index in [2.05, 4.69) is 15.3 Å². The molecule has 5 nitrogen and oxygen atoms in total. The molecule has 2 N–H and O–H groups in total. The highest BCUT2D eigenvalue weighted by Gasteiger charge is 2.21. The number of hydrogen-bond acceptors (Lipinski definition) is 5. The van der Waals surface area contributed by atoms with E-state index in [1.54, 1.807) is 18.3 Å². The summed E-state index contributed by atoms with van der Waals surface area (Å²) >= 11 is 1.71. The molecule has 0 saturated carbocycles. The average molecular weight is 277 g/mol. The Morgan fingerprint density at radius 2 is 2.21 bits per heavy atom. The first-order valence-corrected chi connectivity index (χ1v) is 7.23. The van der Waals surface area contributed by atoms with Crippen molar-refractivity contribution in [2.75, 3.05) is 5.32 Å². The number of nitrogens with one attached hydrogen (secondary N) is 1. The smallest absolute Gasteiger partial charge is 0.325 e. The molecule has 1 atom stereocenters. The van der Waals surface area contributed by atoms with Crippen LogP contribution in [0.1, 0.15) is 30.2 Å². The molecule has 3 rings (SSSR count). The number of thiophene rings is 1. The zero-order valence-electron chi connectivity index (χ0n) is 10.6. The Hall–Kier alpha value is -1.69. The number of rotatable bonds is 3. The van der Waals surface area contributed by atoms with Gasteiger partial charge in [0.05, 0.1) is 5.39 Å². The fourth-order valence-corrected chi connectivity index (χ4v) is 3.70. The highest BCUT2D eigenvalue weighted by Crippen LogP contribution is 2.38. The van der Waals surface area contributed by atoms with Gasteiger partial charge in [0.1, 0.15) is 23.0 Å². The summed E-state index contributed by atoms with van der Waals surface area (Å²) in [6, 6.07) is -0.655. The fourth-order valence-electron chi connectivity index (χ4n) is 2.47. The maximum atomic E-state index is 11.0. The van der Waals surface area contributed by atoms with Crippen LogP contribution in [0, 0.1) is 0 Å². The van der Waals surface area contributed by atoms with Crippen molar-refractivity contribution in [2.24, 2.45) is 0 Å². The molecule has 2 aromatic rings. The molecule has 0 saturated heterocycles. The number of nitrogens with zero attached hydrogens (tertiary/aromatic N) is 2. The van der Waals surface area contributed by atoms with E-state index in [4.69, 9.17) is 5.11 Å². The van der Waals surface area contributed by atoms with Gasteiger partial charge in [0.2, 0.25) is 0 Å². The van der Waals surface area contributed by atoms with Crippen LogP contribution in [0.15, 0.2) is 6.33 Å². The second kappa shape index (κ2) is 4.77. The summed E-state index contributed by atoms with van der Waals surface area (Å²) in [4.78, 5) is 21.9. The lowest BCUT2D eigenvalue weighted by atomic mass is 9.97. The lowest BCUT2D eigenvalue weighted by Crippen LogP contribution is -2.26. The van der Waals surface area contributed by atoms with Crippen LogP contribution in [0.2, 0.25) is 0 Å². The van der Waals surface area contributed by atoms with Crippen LogP contribution in [0.4, 0.5) is 5.82 Å². The van der Waals surface area contributed by atoms with Crippen molar-refractivity contribution in [1.82, 2.24) is 9.97 Å². The fraction of sp³-hybridized carbons (Fsp3) is 0.462. The summed E-state index contributed by atoms with van der Waals surface area (Å²) < 4.78 is 0. The van der Waals surface area contributed by atoms with Crippen molar-refractivity contribution < 1.29 is 9.90 Å². The lowest BCUT2D eigenvalue weighted by molar-refractivity contribution is -0.137. The van der Waals surface area contributed by atoms with Gasteiger partial charge in [-0.1, -0.05) is 0 Å². The Labute approximate surface area is 114 Å². The van der Waals surface area contributed by atoms with Gasteiger partial charge in [-0.3, -0.25) is 4.79 Å². The monoisotopic (exact) mass is 277 g/mol. The van der Waals surface area contributed by atoms with Crippen LogP contribution in [0.3, 0.4) is 0 Å². The van der Waals surface area contributed by atoms with E-state index >= 15 is 0 Å². The van der Waals surface area contributed by atoms with Crippen LogP contribution >= 0.6 is 11.3 Å². The molecule has 19 heavy (non-hydrogen) atoms. The summed E-state index contributed by atoms with van der Waals surface area (Å²) in [6.45, 7) is 1.62. The first kappa shape index (κ1) is 12.3. The van der Waals surface area contributed by atoms with E-state index in [0.29, 0.717) is 5.82 Å². The van der Waals surface area contributed by atoms with Gasteiger partial charge in [-0.25, -0.2) is 9.97 Å². The highest BCUT2D eigenvalue weighted by molar-refractivity contribution is 7.19. The molecule has 1 aliphatic rings. The van der Waals surface area contributed by atoms with Gasteiger partial charge in [-0.05, 0) is 38.2 Å². The Kier molecular flexibility index (Phi) is 3.10. The maximum Gasteiger partial charge on any atom is 0.325 e. The van der Waals surface area contributed by atoms with Crippen molar-refractivity contribution in [3.63, 3.8) is 0 Å². The van der Waals surface area contributed by atoms with E-state index in [-0.39, 0.29) is 0 Å². The first-order chi connectivity index (χ1) is 9.16. The van der Waals surface area contributed by atoms with Gasteiger partial charge in [0.15, 0.2) is 0 Å². The van der Waals surface area contributed by atoms with E-state index in [9.17, 15) is 4.79 Å². The third-order valence-electron chi connectivity index (χ3n) is 3.47. The summed E-state index contributed by atoms with van der Waals surface area (Å²) in [7, 11) is 0. The van der Waals surface area contributed by atoms with Gasteiger partial charge >= 0.3 is 5.97 Å². The second-order valence-electron chi connectivity index (χ2n) is 4.82. The molecule has 0 bridgehead atoms. The minimum absolute atomic E-state index is 0.652. The maximum absolute atomic E-state index is 11.0. The molecular weight excluding hydrogens is 262 g/mol. The molecule has 0 unspecified atom stereocenters. The van der Waals surface area contributed by atoms with Gasteiger partial charge in [0, 0.05) is 4.88 Å². The standard InChI is InChI=1S/C13H15N3O2S/c1-7(13(17)18)16-11-10-8-4-2-3-5-9(8)19-12(10)15-6-14-11/h6-7H,2-5H2,1H3,(H,17,18)(H,14,15,16)/t7-/m0/s1. The summed E-state index contributed by atoms with van der Waals surface area (Å²) in [5, 5.41) is 13.0. The topological polar surface area (TPSA) is 75.1 Å². The van der Waals surface area contributed by atoms with Crippen molar-refractivity contribution in [3.05, 3.63) is 16.8 Å². The number of carboxylic acid groups (broad SMARTS) is 1. The molecule has 0 amide bonds. The largest absolute Gasteiger partial charge is 0.480 e. The Balaban J connectivity index is 2.09. The molecule has 0 fully saturated rings. The Morgan fingerprint density at radius 3 is 3.00 bits per heavy atom. The third kappa shape index (κ3) is 2.16. The molecule has 2 aromatic heterocycles. The lowest BCUT2D eigenvalue weighted by Gasteiger charge is -2.14. The van der Waals surface area contributed by atoms with Gasteiger partial charge in [-0.15, -0.1) is 11.3 Å². The van der Waals surface area contributed by atoms with E-state index in [1.165, 1.54) is 29.6 Å². The van der Waals surface area contributed by atoms with E-state index in [1.807, 2.05) is 0 Å². The molecule has 6 heteroatoms. The van der Waals surface area contributed by atoms with Gasteiger partial charge in [-0.2, -0.15) is 0 Å². The number of aryl methyl sites for hydroxylation is 2. The van der Waals surface area contributed by atoms with Gasteiger partial charge < -0.3 is 10.4 Å². The normalized spacial score (nSPS) is 16.1. The Bertz CT molecular complexity index is 638. The quantitative estimate of drug-likeness (QED) is 0.901. The predicted octanol–water partition coefficient (Wildman–Crippen LogP) is 2.46. The molecular formula is C13H15N3O2S. The third-order valence-corrected chi connectivity index (χ3v) is 4.67. The average Bonchev–Trinajstić information content (AvgIpc) is 2.77. The molecule has 0 aliphatic heterocycles. The number of aromatic nitrogens is 2. The molecule has 100 valence electrons. The molecule has 2 heterocycles. The van der Waals surface area contributed by atoms with E-state index < -0.39 is 12.0 Å². The van der Waals surface area contributed by atoms with Crippen LogP contribution in [-0.2, 0) is 17.6 Å². The number of anilines is 1. The van der Waals surface area contributed by atoms with Crippen molar-refractivity contribution in [3.8, 4) is 0 Å². The number of hydrogen-bond donors (Lipinski definition) is 2. The number of carbonyl (C=O) groups is 1. The zero-order chi connectivity index (χ0) is 13.4. The van der Waals surface area contributed by atoms with Gasteiger partial charge in [0.25, 0.3) is 0 Å². The number of fused-ring (bicyclic) bond motifs is 3. The summed E-state index contributed by atoms with van der Waals surface area (Å²) in [5.74, 6) is -0.227. The number of carboxylic acids is 1. The minimum Gasteiger partial charge on any atom is -0.480 e. The highest BCUT2D eigenvalue weighted by atomic mass is 32.1. The number of aliphatic carboxylic acids is 1. The zero-order valence-corrected chi connectivity index (χ0v) is 11.5. The molecule has 0 spiro atoms. The van der Waals surface area contributed by atoms with Crippen LogP contribution < -0.4 is 5.32 Å². The molecule has 1 aliphatic carbocycles. The second-order valence-corrected chi connectivity index (χ2v) is 5.90.